The monoisotopic (exact) mass is 393 g/mol. The molecule has 0 aliphatic heterocycles. The number of aryl methyl sites for hydroxylation is 2. The molecule has 0 radical (unpaired) electrons. The molecule has 0 fully saturated rings. The standard InChI is InChI=1S/C23H27N3OS/c1-3-17-10-12-18(13-11-17)25-23(27)24-16(2)21-19-8-4-5-9-20(19)28-22(21)26-14-6-7-15-26/h6-7,10-16H,3-5,8-9H2,1-2H3,(H2,24,25,27)/t16-/m1/s1. The highest BCUT2D eigenvalue weighted by atomic mass is 32.1. The molecule has 4 nitrogen and oxygen atoms in total. The zero-order valence-corrected chi connectivity index (χ0v) is 17.3. The summed E-state index contributed by atoms with van der Waals surface area (Å²) in [4.78, 5) is 14.1. The average Bonchev–Trinajstić information content (AvgIpc) is 3.36. The summed E-state index contributed by atoms with van der Waals surface area (Å²) in [5, 5.41) is 7.36. The smallest absolute Gasteiger partial charge is 0.319 e. The molecule has 1 atom stereocenters. The number of aromatic nitrogens is 1. The predicted octanol–water partition coefficient (Wildman–Crippen LogP) is 5.86. The van der Waals surface area contributed by atoms with Crippen molar-refractivity contribution in [3.8, 4) is 5.00 Å². The van der Waals surface area contributed by atoms with Crippen molar-refractivity contribution in [3.05, 3.63) is 70.4 Å². The Morgan fingerprint density at radius 3 is 2.57 bits per heavy atom. The normalized spacial score (nSPS) is 14.4. The molecule has 3 aromatic rings. The third-order valence-corrected chi connectivity index (χ3v) is 6.75. The molecular formula is C23H27N3OS. The Morgan fingerprint density at radius 1 is 1.14 bits per heavy atom. The van der Waals surface area contributed by atoms with Gasteiger partial charge in [0.15, 0.2) is 0 Å². The van der Waals surface area contributed by atoms with Gasteiger partial charge in [0, 0.05) is 28.5 Å². The molecule has 146 valence electrons. The predicted molar refractivity (Wildman–Crippen MR) is 117 cm³/mol. The number of urea groups is 1. The van der Waals surface area contributed by atoms with E-state index < -0.39 is 0 Å². The fourth-order valence-electron chi connectivity index (χ4n) is 3.94. The summed E-state index contributed by atoms with van der Waals surface area (Å²) >= 11 is 1.87. The Balaban J connectivity index is 1.54. The lowest BCUT2D eigenvalue weighted by atomic mass is 9.93. The van der Waals surface area contributed by atoms with Crippen molar-refractivity contribution >= 4 is 23.1 Å². The number of thiophene rings is 1. The summed E-state index contributed by atoms with van der Waals surface area (Å²) in [5.74, 6) is 0. The van der Waals surface area contributed by atoms with Gasteiger partial charge >= 0.3 is 6.03 Å². The second-order valence-corrected chi connectivity index (χ2v) is 8.47. The van der Waals surface area contributed by atoms with E-state index in [1.54, 1.807) is 0 Å². The SMILES string of the molecule is CCc1ccc(NC(=O)N[C@H](C)c2c(-n3cccc3)sc3c2CCCC3)cc1. The molecular weight excluding hydrogens is 366 g/mol. The van der Waals surface area contributed by atoms with Gasteiger partial charge in [-0.3, -0.25) is 0 Å². The van der Waals surface area contributed by atoms with E-state index in [4.69, 9.17) is 0 Å². The molecule has 28 heavy (non-hydrogen) atoms. The topological polar surface area (TPSA) is 46.1 Å². The number of carbonyl (C=O) groups is 1. The highest BCUT2D eigenvalue weighted by molar-refractivity contribution is 7.15. The maximum Gasteiger partial charge on any atom is 0.319 e. The number of anilines is 1. The van der Waals surface area contributed by atoms with Gasteiger partial charge in [-0.1, -0.05) is 19.1 Å². The maximum absolute atomic E-state index is 12.6. The van der Waals surface area contributed by atoms with Gasteiger partial charge in [0.1, 0.15) is 5.00 Å². The van der Waals surface area contributed by atoms with E-state index in [0.717, 1.165) is 24.9 Å². The Bertz CT molecular complexity index is 941. The van der Waals surface area contributed by atoms with Crippen molar-refractivity contribution in [3.63, 3.8) is 0 Å². The summed E-state index contributed by atoms with van der Waals surface area (Å²) in [6.07, 6.45) is 9.91. The minimum Gasteiger partial charge on any atom is -0.331 e. The number of hydrogen-bond acceptors (Lipinski definition) is 2. The van der Waals surface area contributed by atoms with E-state index in [9.17, 15) is 4.79 Å². The Labute approximate surface area is 170 Å². The number of fused-ring (bicyclic) bond motifs is 1. The van der Waals surface area contributed by atoms with Crippen molar-refractivity contribution in [2.45, 2.75) is 52.0 Å². The van der Waals surface area contributed by atoms with Crippen LogP contribution in [0.1, 0.15) is 54.3 Å². The maximum atomic E-state index is 12.6. The van der Waals surface area contributed by atoms with Crippen LogP contribution in [0.3, 0.4) is 0 Å². The van der Waals surface area contributed by atoms with Crippen molar-refractivity contribution < 1.29 is 4.79 Å². The van der Waals surface area contributed by atoms with Crippen LogP contribution in [0.25, 0.3) is 5.00 Å². The van der Waals surface area contributed by atoms with Crippen LogP contribution in [0.15, 0.2) is 48.8 Å². The first kappa shape index (κ1) is 18.8. The summed E-state index contributed by atoms with van der Waals surface area (Å²) < 4.78 is 2.18. The van der Waals surface area contributed by atoms with E-state index in [-0.39, 0.29) is 12.1 Å². The van der Waals surface area contributed by atoms with Crippen LogP contribution in [-0.4, -0.2) is 10.6 Å². The van der Waals surface area contributed by atoms with Gasteiger partial charge in [0.25, 0.3) is 0 Å². The van der Waals surface area contributed by atoms with Gasteiger partial charge in [0.05, 0.1) is 6.04 Å². The molecule has 2 N–H and O–H groups in total. The average molecular weight is 394 g/mol. The summed E-state index contributed by atoms with van der Waals surface area (Å²) in [5.41, 5.74) is 4.80. The third kappa shape index (κ3) is 3.85. The molecule has 2 heterocycles. The van der Waals surface area contributed by atoms with Crippen LogP contribution < -0.4 is 10.6 Å². The molecule has 0 bridgehead atoms. The lowest BCUT2D eigenvalue weighted by Crippen LogP contribution is -2.32. The zero-order chi connectivity index (χ0) is 19.5. The summed E-state index contributed by atoms with van der Waals surface area (Å²) in [6.45, 7) is 4.21. The van der Waals surface area contributed by atoms with Gasteiger partial charge in [-0.05, 0) is 74.4 Å². The van der Waals surface area contributed by atoms with Crippen LogP contribution in [0.5, 0.6) is 0 Å². The van der Waals surface area contributed by atoms with E-state index in [1.807, 2.05) is 35.6 Å². The molecule has 1 aromatic carbocycles. The molecule has 2 aromatic heterocycles. The molecule has 2 amide bonds. The van der Waals surface area contributed by atoms with Crippen LogP contribution in [0.2, 0.25) is 0 Å². The second kappa shape index (κ2) is 8.23. The lowest BCUT2D eigenvalue weighted by molar-refractivity contribution is 0.249. The molecule has 5 heteroatoms. The molecule has 4 rings (SSSR count). The van der Waals surface area contributed by atoms with E-state index in [0.29, 0.717) is 0 Å². The van der Waals surface area contributed by atoms with Gasteiger partial charge in [-0.25, -0.2) is 4.79 Å². The van der Waals surface area contributed by atoms with Crippen molar-refractivity contribution in [1.29, 1.82) is 0 Å². The lowest BCUT2D eigenvalue weighted by Gasteiger charge is -2.20. The number of rotatable bonds is 5. The quantitative estimate of drug-likeness (QED) is 0.560. The van der Waals surface area contributed by atoms with Gasteiger partial charge in [0.2, 0.25) is 0 Å². The largest absolute Gasteiger partial charge is 0.331 e. The molecule has 0 saturated heterocycles. The first-order valence-electron chi connectivity index (χ1n) is 10.1. The van der Waals surface area contributed by atoms with E-state index in [2.05, 4.69) is 53.6 Å². The Hall–Kier alpha value is -2.53. The fourth-order valence-corrected chi connectivity index (χ4v) is 5.40. The van der Waals surface area contributed by atoms with Crippen LogP contribution in [0.4, 0.5) is 10.5 Å². The van der Waals surface area contributed by atoms with Crippen LogP contribution >= 0.6 is 11.3 Å². The number of hydrogen-bond donors (Lipinski definition) is 2. The number of nitrogens with zero attached hydrogens (tertiary/aromatic N) is 1. The molecule has 0 saturated carbocycles. The first-order valence-corrected chi connectivity index (χ1v) is 10.9. The molecule has 0 unspecified atom stereocenters. The molecule has 0 spiro atoms. The van der Waals surface area contributed by atoms with E-state index in [1.165, 1.54) is 39.4 Å². The highest BCUT2D eigenvalue weighted by Gasteiger charge is 2.25. The highest BCUT2D eigenvalue weighted by Crippen LogP contribution is 2.40. The van der Waals surface area contributed by atoms with E-state index >= 15 is 0 Å². The number of benzene rings is 1. The van der Waals surface area contributed by atoms with Crippen molar-refractivity contribution in [1.82, 2.24) is 9.88 Å². The van der Waals surface area contributed by atoms with Gasteiger partial charge in [-0.2, -0.15) is 0 Å². The first-order chi connectivity index (χ1) is 13.7. The van der Waals surface area contributed by atoms with Crippen LogP contribution in [0, 0.1) is 0 Å². The summed E-state index contributed by atoms with van der Waals surface area (Å²) in [7, 11) is 0. The fraction of sp³-hybridized carbons (Fsp3) is 0.348. The van der Waals surface area contributed by atoms with Crippen molar-refractivity contribution in [2.24, 2.45) is 0 Å². The number of amides is 2. The minimum absolute atomic E-state index is 0.0505. The van der Waals surface area contributed by atoms with Crippen molar-refractivity contribution in [2.75, 3.05) is 5.32 Å². The summed E-state index contributed by atoms with van der Waals surface area (Å²) in [6, 6.07) is 11.9. The third-order valence-electron chi connectivity index (χ3n) is 5.43. The molecule has 1 aliphatic carbocycles. The Kier molecular flexibility index (Phi) is 5.53. The minimum atomic E-state index is -0.161. The zero-order valence-electron chi connectivity index (χ0n) is 16.5. The molecule has 1 aliphatic rings. The Morgan fingerprint density at radius 2 is 1.86 bits per heavy atom. The van der Waals surface area contributed by atoms with Gasteiger partial charge < -0.3 is 15.2 Å². The number of nitrogens with one attached hydrogen (secondary N) is 2. The van der Waals surface area contributed by atoms with Crippen LogP contribution in [-0.2, 0) is 19.3 Å². The van der Waals surface area contributed by atoms with Gasteiger partial charge in [-0.15, -0.1) is 11.3 Å². The second-order valence-electron chi connectivity index (χ2n) is 7.39. The number of carbonyl (C=O) groups excluding carboxylic acids is 1.